The number of anilines is 1. The second kappa shape index (κ2) is 6.62. The van der Waals surface area contributed by atoms with Crippen molar-refractivity contribution in [2.45, 2.75) is 12.2 Å². The largest absolute Gasteiger partial charge is 0.439 e. The van der Waals surface area contributed by atoms with Crippen LogP contribution in [-0.4, -0.2) is 21.6 Å². The molecule has 2 aromatic heterocycles. The van der Waals surface area contributed by atoms with Crippen molar-refractivity contribution in [2.24, 2.45) is 0 Å². The lowest BCUT2D eigenvalue weighted by Crippen LogP contribution is -2.15. The molecular weight excluding hydrogens is 298 g/mol. The Morgan fingerprint density at radius 2 is 2.09 bits per heavy atom. The molecule has 0 aliphatic rings. The van der Waals surface area contributed by atoms with Crippen LogP contribution in [0.4, 0.5) is 5.82 Å². The molecule has 0 radical (unpaired) electrons. The van der Waals surface area contributed by atoms with Crippen molar-refractivity contribution < 1.29 is 9.21 Å². The van der Waals surface area contributed by atoms with Crippen LogP contribution in [0.25, 0.3) is 11.1 Å². The fraction of sp³-hybridized carbons (Fsp3) is 0.188. The van der Waals surface area contributed by atoms with Gasteiger partial charge < -0.3 is 9.73 Å². The summed E-state index contributed by atoms with van der Waals surface area (Å²) >= 11 is 1.48. The topological polar surface area (TPSA) is 68.0 Å². The summed E-state index contributed by atoms with van der Waals surface area (Å²) < 4.78 is 5.70. The van der Waals surface area contributed by atoms with Gasteiger partial charge in [0.1, 0.15) is 11.3 Å². The zero-order valence-corrected chi connectivity index (χ0v) is 12.8. The third kappa shape index (κ3) is 3.46. The third-order valence-electron chi connectivity index (χ3n) is 3.06. The van der Waals surface area contributed by atoms with Crippen molar-refractivity contribution in [1.29, 1.82) is 0 Å². The number of amides is 1. The Bertz CT molecular complexity index is 740. The van der Waals surface area contributed by atoms with E-state index >= 15 is 0 Å². The normalized spacial score (nSPS) is 12.2. The number of aromatic nitrogens is 2. The first-order valence-corrected chi connectivity index (χ1v) is 7.95. The van der Waals surface area contributed by atoms with E-state index in [1.807, 2.05) is 37.3 Å². The average molecular weight is 313 g/mol. The fourth-order valence-corrected chi connectivity index (χ4v) is 2.67. The minimum Gasteiger partial charge on any atom is -0.439 e. The highest BCUT2D eigenvalue weighted by Crippen LogP contribution is 2.29. The predicted molar refractivity (Wildman–Crippen MR) is 87.7 cm³/mol. The Labute approximate surface area is 132 Å². The second-order valence-corrected chi connectivity index (χ2v) is 6.07. The summed E-state index contributed by atoms with van der Waals surface area (Å²) in [6, 6.07) is 13.0. The summed E-state index contributed by atoms with van der Waals surface area (Å²) in [4.78, 5) is 20.4. The Morgan fingerprint density at radius 1 is 1.27 bits per heavy atom. The van der Waals surface area contributed by atoms with Gasteiger partial charge in [0.25, 0.3) is 0 Å². The number of thioether (sulfide) groups is 1. The SMILES string of the molecule is C[C@H](SCC(=O)Nc1ccccn1)c1nc2ccccc2o1. The van der Waals surface area contributed by atoms with E-state index in [0.29, 0.717) is 17.5 Å². The Kier molecular flexibility index (Phi) is 4.39. The molecular formula is C16H15N3O2S. The van der Waals surface area contributed by atoms with E-state index in [2.05, 4.69) is 15.3 Å². The minimum atomic E-state index is -0.0911. The lowest BCUT2D eigenvalue weighted by atomic mass is 10.3. The first kappa shape index (κ1) is 14.6. The van der Waals surface area contributed by atoms with Gasteiger partial charge in [-0.3, -0.25) is 4.79 Å². The van der Waals surface area contributed by atoms with Crippen molar-refractivity contribution in [2.75, 3.05) is 11.1 Å². The number of fused-ring (bicyclic) bond motifs is 1. The lowest BCUT2D eigenvalue weighted by Gasteiger charge is -2.07. The van der Waals surface area contributed by atoms with Crippen LogP contribution in [-0.2, 0) is 4.79 Å². The Hall–Kier alpha value is -2.34. The van der Waals surface area contributed by atoms with Gasteiger partial charge in [-0.15, -0.1) is 11.8 Å². The van der Waals surface area contributed by atoms with Gasteiger partial charge in [0, 0.05) is 6.20 Å². The fourth-order valence-electron chi connectivity index (χ4n) is 1.95. The van der Waals surface area contributed by atoms with Crippen molar-refractivity contribution in [3.63, 3.8) is 0 Å². The maximum absolute atomic E-state index is 11.9. The van der Waals surface area contributed by atoms with E-state index in [1.165, 1.54) is 11.8 Å². The maximum atomic E-state index is 11.9. The monoisotopic (exact) mass is 313 g/mol. The molecule has 1 amide bonds. The van der Waals surface area contributed by atoms with Crippen LogP contribution in [0, 0.1) is 0 Å². The summed E-state index contributed by atoms with van der Waals surface area (Å²) in [7, 11) is 0. The zero-order valence-electron chi connectivity index (χ0n) is 12.0. The number of pyridine rings is 1. The van der Waals surface area contributed by atoms with E-state index in [1.54, 1.807) is 18.3 Å². The minimum absolute atomic E-state index is 0.00174. The molecule has 2 heterocycles. The van der Waals surface area contributed by atoms with E-state index in [-0.39, 0.29) is 11.2 Å². The van der Waals surface area contributed by atoms with Gasteiger partial charge in [-0.25, -0.2) is 9.97 Å². The number of hydrogen-bond donors (Lipinski definition) is 1. The Balaban J connectivity index is 1.57. The first-order chi connectivity index (χ1) is 10.7. The maximum Gasteiger partial charge on any atom is 0.235 e. The number of para-hydroxylation sites is 2. The standard InChI is InChI=1S/C16H15N3O2S/c1-11(16-18-12-6-2-3-7-13(12)21-16)22-10-15(20)19-14-8-4-5-9-17-14/h2-9,11H,10H2,1H3,(H,17,19,20)/t11-/m0/s1. The van der Waals surface area contributed by atoms with Gasteiger partial charge in [-0.1, -0.05) is 18.2 Å². The molecule has 0 spiro atoms. The Morgan fingerprint density at radius 3 is 2.86 bits per heavy atom. The number of nitrogens with zero attached hydrogens (tertiary/aromatic N) is 2. The molecule has 0 saturated heterocycles. The highest BCUT2D eigenvalue weighted by atomic mass is 32.2. The summed E-state index contributed by atoms with van der Waals surface area (Å²) in [6.07, 6.45) is 1.64. The van der Waals surface area contributed by atoms with Crippen LogP contribution in [0.15, 0.2) is 53.1 Å². The van der Waals surface area contributed by atoms with Gasteiger partial charge in [-0.05, 0) is 31.2 Å². The summed E-state index contributed by atoms with van der Waals surface area (Å²) in [5.41, 5.74) is 1.60. The number of hydrogen-bond acceptors (Lipinski definition) is 5. The van der Waals surface area contributed by atoms with Gasteiger partial charge in [0.05, 0.1) is 11.0 Å². The number of nitrogens with one attached hydrogen (secondary N) is 1. The molecule has 1 atom stereocenters. The van der Waals surface area contributed by atoms with Gasteiger partial charge in [-0.2, -0.15) is 0 Å². The molecule has 0 bridgehead atoms. The molecule has 3 rings (SSSR count). The van der Waals surface area contributed by atoms with Gasteiger partial charge >= 0.3 is 0 Å². The quantitative estimate of drug-likeness (QED) is 0.778. The number of rotatable bonds is 5. The van der Waals surface area contributed by atoms with Crippen molar-refractivity contribution in [1.82, 2.24) is 9.97 Å². The highest BCUT2D eigenvalue weighted by molar-refractivity contribution is 8.00. The first-order valence-electron chi connectivity index (χ1n) is 6.90. The van der Waals surface area contributed by atoms with Crippen LogP contribution >= 0.6 is 11.8 Å². The summed E-state index contributed by atoms with van der Waals surface area (Å²) in [6.45, 7) is 1.98. The molecule has 6 heteroatoms. The molecule has 0 fully saturated rings. The highest BCUT2D eigenvalue weighted by Gasteiger charge is 2.15. The zero-order chi connectivity index (χ0) is 15.4. The van der Waals surface area contributed by atoms with Crippen LogP contribution in [0.5, 0.6) is 0 Å². The summed E-state index contributed by atoms with van der Waals surface area (Å²) in [5.74, 6) is 1.42. The number of oxazole rings is 1. The molecule has 0 unspecified atom stereocenters. The molecule has 112 valence electrons. The molecule has 5 nitrogen and oxygen atoms in total. The number of benzene rings is 1. The molecule has 1 N–H and O–H groups in total. The van der Waals surface area contributed by atoms with Gasteiger partial charge in [0.2, 0.25) is 11.8 Å². The van der Waals surface area contributed by atoms with Crippen LogP contribution in [0.2, 0.25) is 0 Å². The van der Waals surface area contributed by atoms with Crippen molar-refractivity contribution in [3.8, 4) is 0 Å². The smallest absolute Gasteiger partial charge is 0.235 e. The van der Waals surface area contributed by atoms with Crippen molar-refractivity contribution in [3.05, 3.63) is 54.6 Å². The van der Waals surface area contributed by atoms with Gasteiger partial charge in [0.15, 0.2) is 5.58 Å². The van der Waals surface area contributed by atoms with Crippen LogP contribution in [0.3, 0.4) is 0 Å². The van der Waals surface area contributed by atoms with Crippen LogP contribution in [0.1, 0.15) is 18.1 Å². The molecule has 22 heavy (non-hydrogen) atoms. The average Bonchev–Trinajstić information content (AvgIpc) is 2.98. The predicted octanol–water partition coefficient (Wildman–Crippen LogP) is 3.66. The molecule has 0 aliphatic carbocycles. The molecule has 0 aliphatic heterocycles. The molecule has 3 aromatic rings. The lowest BCUT2D eigenvalue weighted by molar-refractivity contribution is -0.113. The molecule has 0 saturated carbocycles. The van der Waals surface area contributed by atoms with E-state index in [4.69, 9.17) is 4.42 Å². The molecule has 1 aromatic carbocycles. The summed E-state index contributed by atoms with van der Waals surface area (Å²) in [5, 5.41) is 2.76. The van der Waals surface area contributed by atoms with E-state index < -0.39 is 0 Å². The van der Waals surface area contributed by atoms with Crippen molar-refractivity contribution >= 4 is 34.6 Å². The van der Waals surface area contributed by atoms with E-state index in [9.17, 15) is 4.79 Å². The number of carbonyl (C=O) groups is 1. The van der Waals surface area contributed by atoms with Crippen LogP contribution < -0.4 is 5.32 Å². The third-order valence-corrected chi connectivity index (χ3v) is 4.19. The number of carbonyl (C=O) groups excluding carboxylic acids is 1. The second-order valence-electron chi connectivity index (χ2n) is 4.74. The van der Waals surface area contributed by atoms with E-state index in [0.717, 1.165) is 11.1 Å².